The predicted octanol–water partition coefficient (Wildman–Crippen LogP) is 4.88. The summed E-state index contributed by atoms with van der Waals surface area (Å²) in [5, 5.41) is 11.3. The molecular formula is C29H25FN8O2. The second-order valence-electron chi connectivity index (χ2n) is 9.62. The molecule has 11 heteroatoms. The third-order valence-corrected chi connectivity index (χ3v) is 6.40. The van der Waals surface area contributed by atoms with E-state index in [2.05, 4.69) is 30.5 Å². The van der Waals surface area contributed by atoms with Crippen molar-refractivity contribution in [3.63, 3.8) is 0 Å². The molecule has 0 bridgehead atoms. The first kappa shape index (κ1) is 25.1. The molecule has 0 saturated carbocycles. The van der Waals surface area contributed by atoms with E-state index < -0.39 is 5.82 Å². The topological polar surface area (TPSA) is 125 Å². The maximum absolute atomic E-state index is 14.3. The first-order chi connectivity index (χ1) is 19.4. The van der Waals surface area contributed by atoms with Gasteiger partial charge in [-0.25, -0.2) is 9.37 Å². The van der Waals surface area contributed by atoms with Crippen molar-refractivity contribution in [1.82, 2.24) is 35.0 Å². The summed E-state index contributed by atoms with van der Waals surface area (Å²) in [5.74, 6) is -0.101. The van der Waals surface area contributed by atoms with Crippen molar-refractivity contribution in [2.45, 2.75) is 0 Å². The Balaban J connectivity index is 1.38. The number of fused-ring (bicyclic) bond motifs is 2. The normalized spacial score (nSPS) is 11.4. The summed E-state index contributed by atoms with van der Waals surface area (Å²) in [6.07, 6.45) is 6.71. The van der Waals surface area contributed by atoms with Gasteiger partial charge in [0.15, 0.2) is 0 Å². The van der Waals surface area contributed by atoms with Gasteiger partial charge in [0, 0.05) is 35.0 Å². The minimum absolute atomic E-state index is 0.131. The van der Waals surface area contributed by atoms with Crippen LogP contribution in [0.3, 0.4) is 0 Å². The van der Waals surface area contributed by atoms with Gasteiger partial charge in [-0.05, 0) is 56.1 Å². The number of rotatable bonds is 7. The predicted molar refractivity (Wildman–Crippen MR) is 151 cm³/mol. The number of carbonyl (C=O) groups is 1. The maximum atomic E-state index is 14.3. The number of nitrogens with zero attached hydrogens (tertiary/aromatic N) is 5. The second kappa shape index (κ2) is 10.2. The van der Waals surface area contributed by atoms with Gasteiger partial charge in [0.2, 0.25) is 5.91 Å². The maximum Gasteiger partial charge on any atom is 0.238 e. The zero-order valence-electron chi connectivity index (χ0n) is 22.0. The molecule has 200 valence electrons. The molecule has 5 heterocycles. The van der Waals surface area contributed by atoms with Crippen LogP contribution in [-0.4, -0.2) is 68.7 Å². The van der Waals surface area contributed by atoms with Crippen LogP contribution in [0.5, 0.6) is 5.75 Å². The first-order valence-electron chi connectivity index (χ1n) is 12.4. The van der Waals surface area contributed by atoms with E-state index in [0.29, 0.717) is 33.9 Å². The Morgan fingerprint density at radius 1 is 1.00 bits per heavy atom. The van der Waals surface area contributed by atoms with E-state index in [0.717, 1.165) is 33.2 Å². The molecule has 6 rings (SSSR count). The number of ether oxygens (including phenoxy) is 1. The number of benzene rings is 1. The lowest BCUT2D eigenvalue weighted by atomic mass is 10.0. The quantitative estimate of drug-likeness (QED) is 0.266. The summed E-state index contributed by atoms with van der Waals surface area (Å²) < 4.78 is 19.5. The molecule has 5 aromatic heterocycles. The minimum Gasteiger partial charge on any atom is -0.497 e. The largest absolute Gasteiger partial charge is 0.497 e. The summed E-state index contributed by atoms with van der Waals surface area (Å²) >= 11 is 0. The monoisotopic (exact) mass is 536 g/mol. The van der Waals surface area contributed by atoms with Crippen molar-refractivity contribution in [3.05, 3.63) is 73.1 Å². The van der Waals surface area contributed by atoms with Crippen LogP contribution < -0.4 is 10.1 Å². The van der Waals surface area contributed by atoms with Gasteiger partial charge in [-0.1, -0.05) is 0 Å². The fourth-order valence-corrected chi connectivity index (χ4v) is 4.63. The van der Waals surface area contributed by atoms with Crippen LogP contribution in [0.25, 0.3) is 55.7 Å². The molecule has 3 N–H and O–H groups in total. The van der Waals surface area contributed by atoms with Gasteiger partial charge >= 0.3 is 0 Å². The Morgan fingerprint density at radius 2 is 1.85 bits per heavy atom. The number of aromatic amines is 2. The van der Waals surface area contributed by atoms with Crippen molar-refractivity contribution >= 4 is 33.5 Å². The summed E-state index contributed by atoms with van der Waals surface area (Å²) in [5.41, 5.74) is 6.96. The second-order valence-corrected chi connectivity index (χ2v) is 9.62. The van der Waals surface area contributed by atoms with E-state index in [4.69, 9.17) is 9.72 Å². The summed E-state index contributed by atoms with van der Waals surface area (Å²) in [7, 11) is 5.17. The molecule has 10 nitrogen and oxygen atoms in total. The molecule has 0 radical (unpaired) electrons. The molecule has 0 aliphatic heterocycles. The van der Waals surface area contributed by atoms with Crippen LogP contribution in [0.4, 0.5) is 10.1 Å². The van der Waals surface area contributed by atoms with Crippen LogP contribution in [0.2, 0.25) is 0 Å². The van der Waals surface area contributed by atoms with Crippen molar-refractivity contribution in [1.29, 1.82) is 0 Å². The number of methoxy groups -OCH3 is 1. The zero-order valence-corrected chi connectivity index (χ0v) is 22.0. The molecule has 0 spiro atoms. The van der Waals surface area contributed by atoms with Crippen LogP contribution in [0.15, 0.2) is 67.3 Å². The van der Waals surface area contributed by atoms with Crippen LogP contribution in [0.1, 0.15) is 0 Å². The molecular weight excluding hydrogens is 511 g/mol. The van der Waals surface area contributed by atoms with Crippen molar-refractivity contribution in [3.8, 4) is 39.5 Å². The fraction of sp³-hybridized carbons (Fsp3) is 0.138. The number of pyridine rings is 3. The van der Waals surface area contributed by atoms with Crippen LogP contribution in [0, 0.1) is 5.82 Å². The number of anilines is 1. The molecule has 1 amide bonds. The number of likely N-dealkylation sites (N-methyl/N-ethyl adjacent to an activating group) is 1. The average molecular weight is 537 g/mol. The van der Waals surface area contributed by atoms with E-state index in [9.17, 15) is 9.18 Å². The van der Waals surface area contributed by atoms with Crippen molar-refractivity contribution < 1.29 is 13.9 Å². The number of nitrogens with one attached hydrogen (secondary N) is 3. The minimum atomic E-state index is -0.395. The Hall–Kier alpha value is -5.16. The number of hydrogen-bond acceptors (Lipinski definition) is 7. The molecule has 0 aliphatic rings. The van der Waals surface area contributed by atoms with E-state index in [1.54, 1.807) is 35.8 Å². The molecule has 0 fully saturated rings. The first-order valence-corrected chi connectivity index (χ1v) is 12.4. The highest BCUT2D eigenvalue weighted by Crippen LogP contribution is 2.35. The van der Waals surface area contributed by atoms with Crippen LogP contribution >= 0.6 is 0 Å². The van der Waals surface area contributed by atoms with Crippen molar-refractivity contribution in [2.75, 3.05) is 33.1 Å². The number of carbonyl (C=O) groups excluding carboxylic acids is 1. The highest BCUT2D eigenvalue weighted by atomic mass is 19.1. The molecule has 40 heavy (non-hydrogen) atoms. The Morgan fingerprint density at radius 3 is 2.67 bits per heavy atom. The highest BCUT2D eigenvalue weighted by molar-refractivity contribution is 6.00. The Kier molecular flexibility index (Phi) is 6.40. The number of aromatic nitrogens is 6. The van der Waals surface area contributed by atoms with Gasteiger partial charge in [-0.3, -0.25) is 19.9 Å². The number of amides is 1. The van der Waals surface area contributed by atoms with E-state index in [1.165, 1.54) is 19.2 Å². The van der Waals surface area contributed by atoms with Gasteiger partial charge in [-0.2, -0.15) is 5.10 Å². The Labute approximate surface area is 228 Å². The summed E-state index contributed by atoms with van der Waals surface area (Å²) in [4.78, 5) is 30.9. The molecule has 0 unspecified atom stereocenters. The molecule has 0 saturated heterocycles. The SMILES string of the molecule is COc1cc(F)cc(-c2cncc3[nH]c(-c4n[nH]c5ccc(-c6cncc(NC(=O)CN(C)C)c6)nc45)cc23)c1. The lowest BCUT2D eigenvalue weighted by Crippen LogP contribution is -2.27. The molecule has 0 aliphatic carbocycles. The lowest BCUT2D eigenvalue weighted by Gasteiger charge is -2.10. The lowest BCUT2D eigenvalue weighted by molar-refractivity contribution is -0.116. The highest BCUT2D eigenvalue weighted by Gasteiger charge is 2.17. The molecule has 6 aromatic rings. The van der Waals surface area contributed by atoms with Gasteiger partial charge in [-0.15, -0.1) is 0 Å². The fourth-order valence-electron chi connectivity index (χ4n) is 4.63. The summed E-state index contributed by atoms with van der Waals surface area (Å²) in [6.45, 7) is 0.265. The zero-order chi connectivity index (χ0) is 27.8. The number of hydrogen-bond donors (Lipinski definition) is 3. The molecule has 0 atom stereocenters. The van der Waals surface area contributed by atoms with Gasteiger partial charge in [0.05, 0.1) is 54.2 Å². The standard InChI is InChI=1S/C29H25FN8O2/c1-38(2)15-27(39)33-19-7-17(11-31-12-19)23-4-5-24-28(35-23)29(37-36-24)25-10-21-22(13-32-14-26(21)34-25)16-6-18(30)9-20(8-16)40-3/h4-14,34H,15H2,1-3H3,(H,33,39)(H,36,37). The number of halogens is 1. The average Bonchev–Trinajstić information content (AvgIpc) is 3.56. The third-order valence-electron chi connectivity index (χ3n) is 6.40. The van der Waals surface area contributed by atoms with E-state index >= 15 is 0 Å². The van der Waals surface area contributed by atoms with Gasteiger partial charge in [0.25, 0.3) is 0 Å². The third kappa shape index (κ3) is 4.85. The van der Waals surface area contributed by atoms with E-state index in [1.807, 2.05) is 38.4 Å². The van der Waals surface area contributed by atoms with Crippen molar-refractivity contribution in [2.24, 2.45) is 0 Å². The Bertz CT molecular complexity index is 1880. The van der Waals surface area contributed by atoms with Crippen LogP contribution in [-0.2, 0) is 4.79 Å². The smallest absolute Gasteiger partial charge is 0.238 e. The summed E-state index contributed by atoms with van der Waals surface area (Å²) in [6, 6.07) is 12.1. The van der Waals surface area contributed by atoms with Gasteiger partial charge < -0.3 is 19.9 Å². The van der Waals surface area contributed by atoms with Gasteiger partial charge in [0.1, 0.15) is 22.8 Å². The van der Waals surface area contributed by atoms with E-state index in [-0.39, 0.29) is 12.5 Å². The molecule has 1 aromatic carbocycles. The number of H-pyrrole nitrogens is 2.